The highest BCUT2D eigenvalue weighted by Crippen LogP contribution is 2.24. The standard InChI is InChI=1S/C13H12O3/c1-3-6-15-12-8-13(14)16-11-5-4-9(2)7-10(11)12/h3-5,7-8H,1,6H2,2H3. The zero-order chi connectivity index (χ0) is 11.5. The highest BCUT2D eigenvalue weighted by molar-refractivity contribution is 5.83. The topological polar surface area (TPSA) is 39.4 Å². The third-order valence-electron chi connectivity index (χ3n) is 2.22. The van der Waals surface area contributed by atoms with Gasteiger partial charge < -0.3 is 9.15 Å². The Hall–Kier alpha value is -2.03. The summed E-state index contributed by atoms with van der Waals surface area (Å²) in [6, 6.07) is 6.94. The van der Waals surface area contributed by atoms with E-state index in [2.05, 4.69) is 6.58 Å². The largest absolute Gasteiger partial charge is 0.489 e. The first-order chi connectivity index (χ1) is 7.70. The first kappa shape index (κ1) is 10.5. The van der Waals surface area contributed by atoms with E-state index in [9.17, 15) is 4.79 Å². The Balaban J connectivity index is 2.64. The van der Waals surface area contributed by atoms with Gasteiger partial charge in [0.05, 0.1) is 11.5 Å². The van der Waals surface area contributed by atoms with E-state index in [4.69, 9.17) is 9.15 Å². The van der Waals surface area contributed by atoms with Crippen LogP contribution in [0.15, 0.2) is 46.1 Å². The molecule has 1 heterocycles. The van der Waals surface area contributed by atoms with Crippen molar-refractivity contribution in [1.82, 2.24) is 0 Å². The molecule has 0 radical (unpaired) electrons. The molecule has 0 fully saturated rings. The molecule has 1 aromatic carbocycles. The van der Waals surface area contributed by atoms with E-state index >= 15 is 0 Å². The van der Waals surface area contributed by atoms with Crippen molar-refractivity contribution >= 4 is 11.0 Å². The van der Waals surface area contributed by atoms with E-state index in [0.29, 0.717) is 17.9 Å². The van der Waals surface area contributed by atoms with Crippen molar-refractivity contribution in [1.29, 1.82) is 0 Å². The number of hydrogen-bond acceptors (Lipinski definition) is 3. The summed E-state index contributed by atoms with van der Waals surface area (Å²) in [5, 5.41) is 0.807. The zero-order valence-electron chi connectivity index (χ0n) is 9.03. The summed E-state index contributed by atoms with van der Waals surface area (Å²) in [5.41, 5.74) is 1.22. The van der Waals surface area contributed by atoms with Crippen molar-refractivity contribution in [3.05, 3.63) is 52.9 Å². The lowest BCUT2D eigenvalue weighted by molar-refractivity contribution is 0.363. The second-order valence-corrected chi connectivity index (χ2v) is 3.53. The summed E-state index contributed by atoms with van der Waals surface area (Å²) in [5.74, 6) is 0.537. The fourth-order valence-corrected chi connectivity index (χ4v) is 1.52. The molecule has 2 aromatic rings. The van der Waals surface area contributed by atoms with E-state index in [1.54, 1.807) is 12.1 Å². The van der Waals surface area contributed by atoms with Gasteiger partial charge in [0.2, 0.25) is 0 Å². The molecule has 16 heavy (non-hydrogen) atoms. The van der Waals surface area contributed by atoms with Crippen LogP contribution in [0.2, 0.25) is 0 Å². The molecule has 0 bridgehead atoms. The number of rotatable bonds is 3. The first-order valence-corrected chi connectivity index (χ1v) is 4.99. The van der Waals surface area contributed by atoms with Crippen LogP contribution in [-0.4, -0.2) is 6.61 Å². The van der Waals surface area contributed by atoms with Gasteiger partial charge in [-0.05, 0) is 19.1 Å². The molecule has 0 aliphatic carbocycles. The summed E-state index contributed by atoms with van der Waals surface area (Å²) in [6.07, 6.45) is 1.64. The SMILES string of the molecule is C=CCOc1cc(=O)oc2ccc(C)cc12. The molecule has 2 rings (SSSR count). The molecule has 0 unspecified atom stereocenters. The van der Waals surface area contributed by atoms with Gasteiger partial charge in [0.25, 0.3) is 0 Å². The Morgan fingerprint density at radius 2 is 2.25 bits per heavy atom. The number of ether oxygens (including phenoxy) is 1. The smallest absolute Gasteiger partial charge is 0.339 e. The average molecular weight is 216 g/mol. The maximum atomic E-state index is 11.3. The van der Waals surface area contributed by atoms with Crippen LogP contribution in [0, 0.1) is 6.92 Å². The van der Waals surface area contributed by atoms with Crippen LogP contribution >= 0.6 is 0 Å². The van der Waals surface area contributed by atoms with Crippen molar-refractivity contribution in [2.45, 2.75) is 6.92 Å². The maximum Gasteiger partial charge on any atom is 0.339 e. The van der Waals surface area contributed by atoms with Crippen LogP contribution in [0.25, 0.3) is 11.0 Å². The molecule has 0 saturated carbocycles. The molecule has 0 N–H and O–H groups in total. The molecule has 0 aliphatic heterocycles. The number of fused-ring (bicyclic) bond motifs is 1. The summed E-state index contributed by atoms with van der Waals surface area (Å²) >= 11 is 0. The van der Waals surface area contributed by atoms with Crippen LogP contribution in [0.5, 0.6) is 5.75 Å². The highest BCUT2D eigenvalue weighted by atomic mass is 16.5. The summed E-state index contributed by atoms with van der Waals surface area (Å²) in [7, 11) is 0. The quantitative estimate of drug-likeness (QED) is 0.585. The molecule has 0 saturated heterocycles. The zero-order valence-corrected chi connectivity index (χ0v) is 9.03. The van der Waals surface area contributed by atoms with Gasteiger partial charge in [0.1, 0.15) is 17.9 Å². The Morgan fingerprint density at radius 3 is 3.00 bits per heavy atom. The average Bonchev–Trinajstić information content (AvgIpc) is 2.26. The monoisotopic (exact) mass is 216 g/mol. The van der Waals surface area contributed by atoms with Crippen molar-refractivity contribution < 1.29 is 9.15 Å². The Kier molecular flexibility index (Phi) is 2.77. The van der Waals surface area contributed by atoms with Gasteiger partial charge in [-0.3, -0.25) is 0 Å². The van der Waals surface area contributed by atoms with Crippen LogP contribution in [0.4, 0.5) is 0 Å². The molecule has 0 amide bonds. The molecule has 82 valence electrons. The minimum absolute atomic E-state index is 0.368. The van der Waals surface area contributed by atoms with Crippen molar-refractivity contribution in [2.75, 3.05) is 6.61 Å². The fourth-order valence-electron chi connectivity index (χ4n) is 1.52. The van der Waals surface area contributed by atoms with E-state index in [1.165, 1.54) is 6.07 Å². The predicted octanol–water partition coefficient (Wildman–Crippen LogP) is 2.67. The Morgan fingerprint density at radius 1 is 1.44 bits per heavy atom. The van der Waals surface area contributed by atoms with Crippen LogP contribution in [-0.2, 0) is 0 Å². The second kappa shape index (κ2) is 4.23. The normalized spacial score (nSPS) is 10.3. The van der Waals surface area contributed by atoms with Crippen molar-refractivity contribution in [2.24, 2.45) is 0 Å². The molecule has 0 atom stereocenters. The Bertz CT molecular complexity index is 581. The molecule has 1 aromatic heterocycles. The van der Waals surface area contributed by atoms with Crippen molar-refractivity contribution in [3.8, 4) is 5.75 Å². The summed E-state index contributed by atoms with van der Waals surface area (Å²) < 4.78 is 10.5. The molecular weight excluding hydrogens is 204 g/mol. The van der Waals surface area contributed by atoms with Crippen LogP contribution < -0.4 is 10.4 Å². The lowest BCUT2D eigenvalue weighted by atomic mass is 10.1. The molecular formula is C13H12O3. The van der Waals surface area contributed by atoms with Gasteiger partial charge in [-0.15, -0.1) is 0 Å². The molecule has 3 heteroatoms. The maximum absolute atomic E-state index is 11.3. The van der Waals surface area contributed by atoms with E-state index in [1.807, 2.05) is 19.1 Å². The minimum Gasteiger partial charge on any atom is -0.489 e. The molecule has 3 nitrogen and oxygen atoms in total. The van der Waals surface area contributed by atoms with Gasteiger partial charge in [-0.25, -0.2) is 4.79 Å². The third kappa shape index (κ3) is 1.98. The number of aryl methyl sites for hydroxylation is 1. The lowest BCUT2D eigenvalue weighted by Crippen LogP contribution is -2.01. The van der Waals surface area contributed by atoms with E-state index in [0.717, 1.165) is 10.9 Å². The van der Waals surface area contributed by atoms with E-state index < -0.39 is 5.63 Å². The Labute approximate surface area is 93.0 Å². The van der Waals surface area contributed by atoms with Crippen LogP contribution in [0.1, 0.15) is 5.56 Å². The second-order valence-electron chi connectivity index (χ2n) is 3.53. The van der Waals surface area contributed by atoms with E-state index in [-0.39, 0.29) is 0 Å². The fraction of sp³-hybridized carbons (Fsp3) is 0.154. The third-order valence-corrected chi connectivity index (χ3v) is 2.22. The molecule has 0 spiro atoms. The van der Waals surface area contributed by atoms with Gasteiger partial charge in [-0.1, -0.05) is 24.3 Å². The first-order valence-electron chi connectivity index (χ1n) is 4.99. The van der Waals surface area contributed by atoms with Gasteiger partial charge in [0, 0.05) is 0 Å². The minimum atomic E-state index is -0.407. The van der Waals surface area contributed by atoms with Gasteiger partial charge in [0.15, 0.2) is 0 Å². The van der Waals surface area contributed by atoms with Gasteiger partial charge in [-0.2, -0.15) is 0 Å². The number of hydrogen-bond donors (Lipinski definition) is 0. The number of benzene rings is 1. The lowest BCUT2D eigenvalue weighted by Gasteiger charge is -2.06. The predicted molar refractivity (Wildman–Crippen MR) is 62.9 cm³/mol. The summed E-state index contributed by atoms with van der Waals surface area (Å²) in [4.78, 5) is 11.3. The van der Waals surface area contributed by atoms with Crippen LogP contribution in [0.3, 0.4) is 0 Å². The molecule has 0 aliphatic rings. The summed E-state index contributed by atoms with van der Waals surface area (Å²) in [6.45, 7) is 5.91. The van der Waals surface area contributed by atoms with Crippen molar-refractivity contribution in [3.63, 3.8) is 0 Å². The highest BCUT2D eigenvalue weighted by Gasteiger charge is 2.06. The van der Waals surface area contributed by atoms with Gasteiger partial charge >= 0.3 is 5.63 Å².